The lowest BCUT2D eigenvalue weighted by atomic mass is 10.1. The van der Waals surface area contributed by atoms with Crippen molar-refractivity contribution in [2.24, 2.45) is 5.14 Å². The summed E-state index contributed by atoms with van der Waals surface area (Å²) < 4.78 is 34.7. The highest BCUT2D eigenvalue weighted by Gasteiger charge is 2.13. The topological polar surface area (TPSA) is 90.6 Å². The van der Waals surface area contributed by atoms with Crippen LogP contribution in [0.3, 0.4) is 0 Å². The summed E-state index contributed by atoms with van der Waals surface area (Å²) in [5.74, 6) is 1.35. The van der Waals surface area contributed by atoms with Crippen molar-refractivity contribution in [3.8, 4) is 11.5 Å². The van der Waals surface area contributed by atoms with Crippen LogP contribution in [0.4, 0.5) is 5.69 Å². The molecule has 0 spiro atoms. The van der Waals surface area contributed by atoms with Gasteiger partial charge in [-0.2, -0.15) is 0 Å². The highest BCUT2D eigenvalue weighted by atomic mass is 79.9. The summed E-state index contributed by atoms with van der Waals surface area (Å²) in [6, 6.07) is 10.1. The molecule has 0 fully saturated rings. The minimum Gasteiger partial charge on any atom is -0.493 e. The van der Waals surface area contributed by atoms with Crippen LogP contribution in [-0.2, 0) is 16.6 Å². The van der Waals surface area contributed by atoms with E-state index in [1.807, 2.05) is 19.1 Å². The van der Waals surface area contributed by atoms with Crippen molar-refractivity contribution >= 4 is 31.6 Å². The van der Waals surface area contributed by atoms with E-state index in [1.165, 1.54) is 12.1 Å². The van der Waals surface area contributed by atoms with Crippen LogP contribution in [0.2, 0.25) is 0 Å². The fourth-order valence-corrected chi connectivity index (χ4v) is 3.23. The van der Waals surface area contributed by atoms with E-state index in [0.717, 1.165) is 22.1 Å². The van der Waals surface area contributed by atoms with Gasteiger partial charge in [-0.3, -0.25) is 0 Å². The lowest BCUT2D eigenvalue weighted by Crippen LogP contribution is -2.12. The first-order valence-electron chi connectivity index (χ1n) is 7.71. The van der Waals surface area contributed by atoms with E-state index in [4.69, 9.17) is 14.6 Å². The Morgan fingerprint density at radius 1 is 1.20 bits per heavy atom. The van der Waals surface area contributed by atoms with Crippen molar-refractivity contribution in [3.63, 3.8) is 0 Å². The lowest BCUT2D eigenvalue weighted by Gasteiger charge is -2.16. The summed E-state index contributed by atoms with van der Waals surface area (Å²) in [7, 11) is -2.09. The molecule has 0 bridgehead atoms. The summed E-state index contributed by atoms with van der Waals surface area (Å²) in [4.78, 5) is 0.0779. The van der Waals surface area contributed by atoms with Crippen LogP contribution in [0, 0.1) is 0 Å². The molecular weight excluding hydrogens is 408 g/mol. The second kappa shape index (κ2) is 8.55. The summed E-state index contributed by atoms with van der Waals surface area (Å²) >= 11 is 3.47. The molecule has 0 aliphatic heterocycles. The molecule has 3 N–H and O–H groups in total. The first-order chi connectivity index (χ1) is 11.8. The zero-order valence-electron chi connectivity index (χ0n) is 14.1. The number of methoxy groups -OCH3 is 1. The Balaban J connectivity index is 2.20. The number of hydrogen-bond acceptors (Lipinski definition) is 5. The van der Waals surface area contributed by atoms with Crippen LogP contribution in [0.25, 0.3) is 0 Å². The molecule has 0 unspecified atom stereocenters. The van der Waals surface area contributed by atoms with E-state index in [0.29, 0.717) is 24.7 Å². The Bertz CT molecular complexity index is 823. The summed E-state index contributed by atoms with van der Waals surface area (Å²) in [6.45, 7) is 3.12. The van der Waals surface area contributed by atoms with Crippen LogP contribution in [-0.4, -0.2) is 22.1 Å². The highest BCUT2D eigenvalue weighted by Crippen LogP contribution is 2.35. The number of nitrogens with one attached hydrogen (secondary N) is 1. The molecule has 0 aliphatic carbocycles. The molecule has 2 aromatic rings. The third-order valence-electron chi connectivity index (χ3n) is 3.43. The van der Waals surface area contributed by atoms with Gasteiger partial charge >= 0.3 is 0 Å². The number of nitrogens with two attached hydrogens (primary N) is 1. The van der Waals surface area contributed by atoms with E-state index in [9.17, 15) is 8.42 Å². The Labute approximate surface area is 156 Å². The molecule has 0 radical (unpaired) electrons. The minimum atomic E-state index is -3.69. The normalized spacial score (nSPS) is 11.2. The van der Waals surface area contributed by atoms with Gasteiger partial charge in [-0.05, 0) is 42.8 Å². The first-order valence-corrected chi connectivity index (χ1v) is 10.0. The number of hydrogen-bond donors (Lipinski definition) is 2. The third-order valence-corrected chi connectivity index (χ3v) is 4.82. The van der Waals surface area contributed by atoms with Gasteiger partial charge in [0.2, 0.25) is 10.0 Å². The molecule has 6 nitrogen and oxygen atoms in total. The summed E-state index contributed by atoms with van der Waals surface area (Å²) in [6.07, 6.45) is 0.890. The maximum atomic E-state index is 11.3. The Kier molecular flexibility index (Phi) is 6.69. The number of benzene rings is 2. The van der Waals surface area contributed by atoms with E-state index in [1.54, 1.807) is 19.2 Å². The Morgan fingerprint density at radius 3 is 2.44 bits per heavy atom. The molecule has 0 saturated heterocycles. The number of rotatable bonds is 8. The molecule has 8 heteroatoms. The van der Waals surface area contributed by atoms with Crippen LogP contribution < -0.4 is 19.9 Å². The van der Waals surface area contributed by atoms with Crippen molar-refractivity contribution in [1.29, 1.82) is 0 Å². The second-order valence-corrected chi connectivity index (χ2v) is 7.84. The zero-order valence-corrected chi connectivity index (χ0v) is 16.5. The largest absolute Gasteiger partial charge is 0.493 e. The van der Waals surface area contributed by atoms with Crippen molar-refractivity contribution < 1.29 is 17.9 Å². The zero-order chi connectivity index (χ0) is 18.4. The number of sulfonamides is 1. The van der Waals surface area contributed by atoms with Crippen LogP contribution in [0.15, 0.2) is 45.8 Å². The molecule has 0 aliphatic rings. The van der Waals surface area contributed by atoms with E-state index in [2.05, 4.69) is 21.2 Å². The van der Waals surface area contributed by atoms with Crippen LogP contribution in [0.1, 0.15) is 18.9 Å². The molecule has 0 saturated carbocycles. The van der Waals surface area contributed by atoms with Gasteiger partial charge in [-0.15, -0.1) is 0 Å². The van der Waals surface area contributed by atoms with Crippen molar-refractivity contribution in [3.05, 3.63) is 46.4 Å². The highest BCUT2D eigenvalue weighted by molar-refractivity contribution is 9.10. The maximum absolute atomic E-state index is 11.3. The average molecular weight is 429 g/mol. The van der Waals surface area contributed by atoms with Gasteiger partial charge < -0.3 is 14.8 Å². The van der Waals surface area contributed by atoms with E-state index in [-0.39, 0.29) is 4.90 Å². The lowest BCUT2D eigenvalue weighted by molar-refractivity contribution is 0.291. The van der Waals surface area contributed by atoms with Gasteiger partial charge in [0.15, 0.2) is 11.5 Å². The van der Waals surface area contributed by atoms with Gasteiger partial charge in [0.25, 0.3) is 0 Å². The summed E-state index contributed by atoms with van der Waals surface area (Å²) in [5, 5.41) is 8.35. The molecule has 0 amide bonds. The average Bonchev–Trinajstić information content (AvgIpc) is 2.58. The van der Waals surface area contributed by atoms with Gasteiger partial charge in [-0.1, -0.05) is 22.9 Å². The SMILES string of the molecule is CCCOc1c(CNc2ccc(S(N)(=O)=O)cc2)cc(Br)cc1OC. The number of ether oxygens (including phenoxy) is 2. The standard InChI is InChI=1S/C17H21BrN2O4S/c1-3-8-24-17-12(9-13(18)10-16(17)23-2)11-20-14-4-6-15(7-5-14)25(19,21)22/h4-7,9-10,20H,3,8,11H2,1-2H3,(H2,19,21,22). The fourth-order valence-electron chi connectivity index (χ4n) is 2.23. The van der Waals surface area contributed by atoms with Gasteiger partial charge in [0, 0.05) is 22.3 Å². The molecule has 2 aromatic carbocycles. The van der Waals surface area contributed by atoms with E-state index < -0.39 is 10.0 Å². The summed E-state index contributed by atoms with van der Waals surface area (Å²) in [5.41, 5.74) is 1.70. The van der Waals surface area contributed by atoms with Crippen molar-refractivity contribution in [2.75, 3.05) is 19.0 Å². The first kappa shape index (κ1) is 19.6. The Morgan fingerprint density at radius 2 is 1.88 bits per heavy atom. The van der Waals surface area contributed by atoms with Crippen LogP contribution >= 0.6 is 15.9 Å². The molecule has 0 aromatic heterocycles. The number of halogens is 1. The predicted octanol–water partition coefficient (Wildman–Crippen LogP) is 3.51. The van der Waals surface area contributed by atoms with Gasteiger partial charge in [0.1, 0.15) is 0 Å². The fraction of sp³-hybridized carbons (Fsp3) is 0.294. The molecule has 25 heavy (non-hydrogen) atoms. The van der Waals surface area contributed by atoms with Crippen molar-refractivity contribution in [1.82, 2.24) is 0 Å². The smallest absolute Gasteiger partial charge is 0.238 e. The second-order valence-electron chi connectivity index (χ2n) is 5.37. The van der Waals surface area contributed by atoms with Crippen molar-refractivity contribution in [2.45, 2.75) is 24.8 Å². The molecule has 0 heterocycles. The van der Waals surface area contributed by atoms with Gasteiger partial charge in [-0.25, -0.2) is 13.6 Å². The molecule has 2 rings (SSSR count). The quantitative estimate of drug-likeness (QED) is 0.670. The molecule has 136 valence electrons. The molecular formula is C17H21BrN2O4S. The molecule has 0 atom stereocenters. The minimum absolute atomic E-state index is 0.0779. The van der Waals surface area contributed by atoms with Crippen LogP contribution in [0.5, 0.6) is 11.5 Å². The van der Waals surface area contributed by atoms with Gasteiger partial charge in [0.05, 0.1) is 18.6 Å². The number of primary sulfonamides is 1. The third kappa shape index (κ3) is 5.35. The Hall–Kier alpha value is -1.77. The maximum Gasteiger partial charge on any atom is 0.238 e. The van der Waals surface area contributed by atoms with E-state index >= 15 is 0 Å². The monoisotopic (exact) mass is 428 g/mol. The predicted molar refractivity (Wildman–Crippen MR) is 102 cm³/mol. The number of anilines is 1.